The second kappa shape index (κ2) is 12.0. The van der Waals surface area contributed by atoms with Crippen LogP contribution in [0.3, 0.4) is 0 Å². The summed E-state index contributed by atoms with van der Waals surface area (Å²) in [5, 5.41) is 31.1. The molecule has 192 valence electrons. The van der Waals surface area contributed by atoms with Crippen molar-refractivity contribution in [1.82, 2.24) is 20.9 Å². The number of pyridine rings is 1. The zero-order chi connectivity index (χ0) is 26.4. The number of β-amino-alcohol motifs (C(OH)–C–C–N with tert-alkyl or cyclic N) is 1. The number of aliphatic hydroxyl groups is 1. The number of hydrogen-bond acceptors (Lipinski definition) is 9. The van der Waals surface area contributed by atoms with Crippen LogP contribution in [-0.2, 0) is 9.59 Å². The number of halogens is 2. The molecule has 0 spiro atoms. The van der Waals surface area contributed by atoms with Gasteiger partial charge >= 0.3 is 0 Å². The van der Waals surface area contributed by atoms with Gasteiger partial charge in [-0.2, -0.15) is 0 Å². The zero-order valence-electron chi connectivity index (χ0n) is 19.6. The maximum absolute atomic E-state index is 12.7. The summed E-state index contributed by atoms with van der Waals surface area (Å²) in [6.45, 7) is 3.29. The fourth-order valence-electron chi connectivity index (χ4n) is 3.41. The number of phenolic OH excluding ortho intramolecular Hbond substituents is 1. The van der Waals surface area contributed by atoms with Crippen molar-refractivity contribution in [2.45, 2.75) is 32.4 Å². The van der Waals surface area contributed by atoms with Crippen LogP contribution in [0.15, 0.2) is 29.4 Å². The van der Waals surface area contributed by atoms with Crippen LogP contribution in [0.4, 0.5) is 5.69 Å². The molecule has 36 heavy (non-hydrogen) atoms. The Labute approximate surface area is 217 Å². The monoisotopic (exact) mass is 536 g/mol. The number of Topliss-reactive ketones (excluding diaryl/α,β-unsaturated/α-hetero) is 1. The fraction of sp³-hybridized carbons (Fsp3) is 0.348. The molecule has 2 aromatic rings. The van der Waals surface area contributed by atoms with Crippen molar-refractivity contribution >= 4 is 52.4 Å². The number of phenols is 1. The van der Waals surface area contributed by atoms with Crippen LogP contribution in [0.2, 0.25) is 10.0 Å². The minimum absolute atomic E-state index is 0.0181. The third kappa shape index (κ3) is 7.30. The lowest BCUT2D eigenvalue weighted by atomic mass is 10.0. The van der Waals surface area contributed by atoms with Crippen molar-refractivity contribution < 1.29 is 24.6 Å². The number of aliphatic imine (C=N–C) groups is 1. The van der Waals surface area contributed by atoms with Crippen molar-refractivity contribution in [2.75, 3.05) is 25.0 Å². The predicted molar refractivity (Wildman–Crippen MR) is 136 cm³/mol. The quantitative estimate of drug-likeness (QED) is 0.296. The Morgan fingerprint density at radius 3 is 2.67 bits per heavy atom. The standard InChI is InChI=1S/C23H26Cl2N6O5/c1-11(32)3-19(16-5-14(24)6-17(25)21(16)35)30-20(34)10-27-22(36)13-4-18(12(2)26-7-13)31-23-28-8-15(33)9-29-23/h4-7,15,19,33,35H,3,8-10H2,1-2H3,(H,27,36)(H,30,34)(H2,28,29,31)/t19-/m0/s1. The van der Waals surface area contributed by atoms with E-state index in [2.05, 4.69) is 31.2 Å². The topological polar surface area (TPSA) is 165 Å². The minimum atomic E-state index is -0.901. The lowest BCUT2D eigenvalue weighted by Gasteiger charge is -2.21. The van der Waals surface area contributed by atoms with Crippen molar-refractivity contribution in [3.63, 3.8) is 0 Å². The van der Waals surface area contributed by atoms with Crippen LogP contribution in [0.5, 0.6) is 5.75 Å². The molecule has 2 amide bonds. The number of aromatic nitrogens is 1. The van der Waals surface area contributed by atoms with Crippen molar-refractivity contribution in [3.8, 4) is 5.75 Å². The van der Waals surface area contributed by atoms with Crippen molar-refractivity contribution in [2.24, 2.45) is 4.99 Å². The minimum Gasteiger partial charge on any atom is -0.506 e. The van der Waals surface area contributed by atoms with Gasteiger partial charge in [-0.05, 0) is 32.0 Å². The molecule has 1 aliphatic heterocycles. The highest BCUT2D eigenvalue weighted by Crippen LogP contribution is 2.36. The Balaban J connectivity index is 1.65. The first-order valence-corrected chi connectivity index (χ1v) is 11.7. The molecule has 1 unspecified atom stereocenters. The summed E-state index contributed by atoms with van der Waals surface area (Å²) in [7, 11) is 0. The largest absolute Gasteiger partial charge is 0.506 e. The molecule has 11 nitrogen and oxygen atoms in total. The van der Waals surface area contributed by atoms with Crippen molar-refractivity contribution in [1.29, 1.82) is 0 Å². The summed E-state index contributed by atoms with van der Waals surface area (Å²) in [6, 6.07) is 3.42. The molecule has 0 radical (unpaired) electrons. The van der Waals surface area contributed by atoms with Crippen molar-refractivity contribution in [3.05, 3.63) is 51.3 Å². The average molecular weight is 537 g/mol. The molecule has 13 heteroatoms. The van der Waals surface area contributed by atoms with E-state index in [1.807, 2.05) is 0 Å². The van der Waals surface area contributed by atoms with Gasteiger partial charge in [0.1, 0.15) is 11.5 Å². The highest BCUT2D eigenvalue weighted by molar-refractivity contribution is 6.35. The summed E-state index contributed by atoms with van der Waals surface area (Å²) < 4.78 is 0. The Morgan fingerprint density at radius 2 is 2.00 bits per heavy atom. The van der Waals surface area contributed by atoms with E-state index < -0.39 is 30.5 Å². The van der Waals surface area contributed by atoms with Gasteiger partial charge < -0.3 is 31.5 Å². The lowest BCUT2D eigenvalue weighted by Crippen LogP contribution is -2.42. The van der Waals surface area contributed by atoms with Gasteiger partial charge in [0.25, 0.3) is 5.91 Å². The second-order valence-corrected chi connectivity index (χ2v) is 9.08. The van der Waals surface area contributed by atoms with Gasteiger partial charge in [-0.1, -0.05) is 23.2 Å². The highest BCUT2D eigenvalue weighted by atomic mass is 35.5. The number of guanidine groups is 1. The Morgan fingerprint density at radius 1 is 1.25 bits per heavy atom. The molecule has 0 fully saturated rings. The number of benzene rings is 1. The summed E-state index contributed by atoms with van der Waals surface area (Å²) in [6.07, 6.45) is 0.696. The fourth-order valence-corrected chi connectivity index (χ4v) is 3.92. The molecule has 3 rings (SSSR count). The molecule has 2 heterocycles. The third-order valence-corrected chi connectivity index (χ3v) is 5.74. The number of nitrogens with zero attached hydrogens (tertiary/aromatic N) is 2. The number of aryl methyl sites for hydroxylation is 1. The second-order valence-electron chi connectivity index (χ2n) is 8.24. The Hall–Kier alpha value is -3.41. The number of aromatic hydroxyl groups is 1. The number of nitrogens with one attached hydrogen (secondary N) is 4. The summed E-state index contributed by atoms with van der Waals surface area (Å²) in [5.41, 5.74) is 1.54. The van der Waals surface area contributed by atoms with Crippen LogP contribution in [-0.4, -0.2) is 64.5 Å². The molecular weight excluding hydrogens is 511 g/mol. The van der Waals surface area contributed by atoms with Gasteiger partial charge in [-0.25, -0.2) is 0 Å². The highest BCUT2D eigenvalue weighted by Gasteiger charge is 2.22. The van der Waals surface area contributed by atoms with Gasteiger partial charge in [-0.15, -0.1) is 0 Å². The van der Waals surface area contributed by atoms with Gasteiger partial charge in [0.2, 0.25) is 5.91 Å². The van der Waals surface area contributed by atoms with Crippen LogP contribution in [0.1, 0.15) is 41.0 Å². The van der Waals surface area contributed by atoms with Gasteiger partial charge in [0.15, 0.2) is 5.96 Å². The van der Waals surface area contributed by atoms with E-state index >= 15 is 0 Å². The van der Waals surface area contributed by atoms with E-state index in [4.69, 9.17) is 23.2 Å². The average Bonchev–Trinajstić information content (AvgIpc) is 2.82. The number of rotatable bonds is 8. The number of aliphatic hydroxyl groups excluding tert-OH is 1. The molecular formula is C23H26Cl2N6O5. The molecule has 0 saturated heterocycles. The van der Waals surface area contributed by atoms with E-state index in [1.165, 1.54) is 25.3 Å². The molecule has 0 bridgehead atoms. The van der Waals surface area contributed by atoms with Crippen LogP contribution >= 0.6 is 23.2 Å². The number of carbonyl (C=O) groups is 3. The molecule has 1 aromatic carbocycles. The molecule has 1 aromatic heterocycles. The maximum Gasteiger partial charge on any atom is 0.253 e. The number of amides is 2. The van der Waals surface area contributed by atoms with Gasteiger partial charge in [0.05, 0.1) is 47.2 Å². The first kappa shape index (κ1) is 27.2. The van der Waals surface area contributed by atoms with E-state index in [0.717, 1.165) is 0 Å². The van der Waals surface area contributed by atoms with E-state index in [0.29, 0.717) is 23.9 Å². The van der Waals surface area contributed by atoms with Crippen LogP contribution in [0.25, 0.3) is 0 Å². The Kier molecular flexibility index (Phi) is 9.08. The SMILES string of the molecule is CC(=O)C[C@H](NC(=O)CNC(=O)c1cnc(C)c(NC2=NCC(O)CN2)c1)c1cc(Cl)cc(Cl)c1O. The summed E-state index contributed by atoms with van der Waals surface area (Å²) in [5.74, 6) is -1.23. The summed E-state index contributed by atoms with van der Waals surface area (Å²) >= 11 is 12.0. The lowest BCUT2D eigenvalue weighted by molar-refractivity contribution is -0.121. The number of hydrogen-bond donors (Lipinski definition) is 6. The van der Waals surface area contributed by atoms with E-state index in [-0.39, 0.29) is 45.7 Å². The Bertz CT molecular complexity index is 1210. The van der Waals surface area contributed by atoms with Gasteiger partial charge in [-0.3, -0.25) is 24.4 Å². The maximum atomic E-state index is 12.7. The zero-order valence-corrected chi connectivity index (χ0v) is 21.1. The first-order chi connectivity index (χ1) is 17.0. The van der Waals surface area contributed by atoms with Crippen LogP contribution < -0.4 is 21.3 Å². The molecule has 0 saturated carbocycles. The van der Waals surface area contributed by atoms with Gasteiger partial charge in [0, 0.05) is 29.7 Å². The molecule has 0 aliphatic carbocycles. The van der Waals surface area contributed by atoms with E-state index in [9.17, 15) is 24.6 Å². The normalized spacial score (nSPS) is 15.8. The first-order valence-electron chi connectivity index (χ1n) is 11.0. The number of anilines is 1. The predicted octanol–water partition coefficient (Wildman–Crippen LogP) is 1.70. The smallest absolute Gasteiger partial charge is 0.253 e. The number of carbonyl (C=O) groups excluding carboxylic acids is 3. The molecule has 6 N–H and O–H groups in total. The van der Waals surface area contributed by atoms with E-state index in [1.54, 1.807) is 13.0 Å². The molecule has 1 aliphatic rings. The summed E-state index contributed by atoms with van der Waals surface area (Å²) in [4.78, 5) is 45.4. The number of ketones is 1. The molecule has 2 atom stereocenters. The van der Waals surface area contributed by atoms with Crippen LogP contribution in [0, 0.1) is 6.92 Å². The third-order valence-electron chi connectivity index (χ3n) is 5.24.